The van der Waals surface area contributed by atoms with Crippen LogP contribution in [-0.2, 0) is 41.3 Å². The molecule has 0 saturated heterocycles. The van der Waals surface area contributed by atoms with Gasteiger partial charge in [0, 0.05) is 25.6 Å². The van der Waals surface area contributed by atoms with Crippen molar-refractivity contribution in [2.24, 2.45) is 7.05 Å². The number of carboxylic acid groups (broad SMARTS) is 1. The Hall–Kier alpha value is -3.54. The highest BCUT2D eigenvalue weighted by molar-refractivity contribution is 7.89. The van der Waals surface area contributed by atoms with E-state index in [0.717, 1.165) is 70.3 Å². The second-order valence-corrected chi connectivity index (χ2v) is 13.7. The molecule has 1 N–H and O–H groups in total. The first-order chi connectivity index (χ1) is 20.5. The third-order valence-electron chi connectivity index (χ3n) is 8.67. The van der Waals surface area contributed by atoms with Crippen LogP contribution in [0, 0.1) is 12.7 Å². The maximum Gasteiger partial charge on any atom is 0.304 e. The van der Waals surface area contributed by atoms with Gasteiger partial charge in [-0.3, -0.25) is 4.79 Å². The van der Waals surface area contributed by atoms with Gasteiger partial charge < -0.3 is 9.84 Å². The first-order valence-electron chi connectivity index (χ1n) is 14.3. The van der Waals surface area contributed by atoms with Crippen LogP contribution < -0.4 is 4.74 Å². The molecular weight excluding hydrogens is 595 g/mol. The van der Waals surface area contributed by atoms with Gasteiger partial charge in [0.25, 0.3) is 0 Å². The van der Waals surface area contributed by atoms with Gasteiger partial charge in [0.05, 0.1) is 23.5 Å². The van der Waals surface area contributed by atoms with E-state index in [9.17, 15) is 22.7 Å². The fraction of sp³-hybridized carbons (Fsp3) is 0.387. The monoisotopic (exact) mass is 626 g/mol. The van der Waals surface area contributed by atoms with Gasteiger partial charge in [0.2, 0.25) is 10.0 Å². The zero-order valence-corrected chi connectivity index (χ0v) is 25.7. The minimum absolute atomic E-state index is 0.0494. The molecule has 1 aliphatic heterocycles. The van der Waals surface area contributed by atoms with Crippen molar-refractivity contribution in [3.8, 4) is 5.75 Å². The Morgan fingerprint density at radius 2 is 2.02 bits per heavy atom. The van der Waals surface area contributed by atoms with Crippen LogP contribution in [0.15, 0.2) is 41.3 Å². The average Bonchev–Trinajstić information content (AvgIpc) is 3.57. The quantitative estimate of drug-likeness (QED) is 0.287. The summed E-state index contributed by atoms with van der Waals surface area (Å²) in [5, 5.41) is 18.1. The van der Waals surface area contributed by atoms with Crippen molar-refractivity contribution in [2.45, 2.75) is 69.4 Å². The Balaban J connectivity index is 1.46. The number of hydrogen-bond acceptors (Lipinski definition) is 6. The fourth-order valence-electron chi connectivity index (χ4n) is 6.41. The molecule has 0 fully saturated rings. The van der Waals surface area contributed by atoms with E-state index in [2.05, 4.69) is 16.4 Å². The maximum atomic E-state index is 14.3. The van der Waals surface area contributed by atoms with E-state index in [1.54, 1.807) is 4.68 Å². The topological polar surface area (TPSA) is 115 Å². The van der Waals surface area contributed by atoms with Crippen molar-refractivity contribution in [3.05, 3.63) is 80.6 Å². The summed E-state index contributed by atoms with van der Waals surface area (Å²) in [5.74, 6) is -2.22. The minimum atomic E-state index is -4.10. The van der Waals surface area contributed by atoms with E-state index in [-0.39, 0.29) is 35.2 Å². The molecule has 0 unspecified atom stereocenters. The molecule has 1 aliphatic carbocycles. The van der Waals surface area contributed by atoms with Gasteiger partial charge in [-0.15, -0.1) is 5.10 Å². The number of ether oxygens (including phenoxy) is 1. The Kier molecular flexibility index (Phi) is 7.68. The van der Waals surface area contributed by atoms with Gasteiger partial charge in [0.15, 0.2) is 0 Å². The molecule has 9 nitrogen and oxygen atoms in total. The number of fused-ring (bicyclic) bond motifs is 3. The number of aromatic nitrogens is 3. The highest BCUT2D eigenvalue weighted by Gasteiger charge is 2.36. The van der Waals surface area contributed by atoms with Crippen molar-refractivity contribution in [2.75, 3.05) is 6.54 Å². The van der Waals surface area contributed by atoms with Crippen LogP contribution in [0.1, 0.15) is 65.5 Å². The standard InChI is InChI=1S/C31H32ClFN4O5S/c1-4-21-16-37(43(40,41)29-13-25(32)26(33)14-28(29)42-21)15-20-11-19(10-18-6-5-7-23(18)20)24(12-30(38)39)22-8-9-27-31(17(22)2)34-35-36(27)3/h8-11,13-14,21,24H,4-7,12,15-16H2,1-3H3,(H,38,39)/t21-,24-/m1/s1. The molecule has 4 aromatic rings. The molecule has 12 heteroatoms. The highest BCUT2D eigenvalue weighted by Crippen LogP contribution is 2.40. The Morgan fingerprint density at radius 1 is 1.23 bits per heavy atom. The van der Waals surface area contributed by atoms with E-state index in [1.165, 1.54) is 4.31 Å². The largest absolute Gasteiger partial charge is 0.488 e. The third kappa shape index (κ3) is 5.27. The van der Waals surface area contributed by atoms with E-state index in [4.69, 9.17) is 16.3 Å². The summed E-state index contributed by atoms with van der Waals surface area (Å²) < 4.78 is 51.3. The lowest BCUT2D eigenvalue weighted by Gasteiger charge is -2.25. The Bertz CT molecular complexity index is 1880. The van der Waals surface area contributed by atoms with Crippen LogP contribution in [-0.4, -0.2) is 51.4 Å². The van der Waals surface area contributed by atoms with Crippen LogP contribution in [0.5, 0.6) is 5.75 Å². The molecule has 2 aliphatic rings. The predicted octanol–water partition coefficient (Wildman–Crippen LogP) is 5.53. The van der Waals surface area contributed by atoms with Gasteiger partial charge >= 0.3 is 5.97 Å². The SMILES string of the molecule is CC[C@@H]1CN(Cc2cc([C@@H](CC(=O)O)c3ccc4c(nnn4C)c3C)cc3c2CCC3)S(=O)(=O)c2cc(Cl)c(F)cc2O1. The number of sulfonamides is 1. The molecule has 1 aromatic heterocycles. The molecule has 0 saturated carbocycles. The average molecular weight is 627 g/mol. The molecule has 6 rings (SSSR count). The molecule has 2 heterocycles. The van der Waals surface area contributed by atoms with E-state index in [0.29, 0.717) is 11.9 Å². The van der Waals surface area contributed by atoms with Crippen LogP contribution in [0.4, 0.5) is 4.39 Å². The summed E-state index contributed by atoms with van der Waals surface area (Å²) in [6.07, 6.45) is 2.42. The Morgan fingerprint density at radius 3 is 2.77 bits per heavy atom. The smallest absolute Gasteiger partial charge is 0.304 e. The van der Waals surface area contributed by atoms with E-state index >= 15 is 0 Å². The number of carboxylic acids is 1. The zero-order valence-electron chi connectivity index (χ0n) is 24.1. The van der Waals surface area contributed by atoms with Crippen molar-refractivity contribution >= 4 is 38.6 Å². The van der Waals surface area contributed by atoms with Gasteiger partial charge in [-0.25, -0.2) is 17.5 Å². The lowest BCUT2D eigenvalue weighted by Crippen LogP contribution is -2.36. The maximum absolute atomic E-state index is 14.3. The van der Waals surface area contributed by atoms with Crippen LogP contribution >= 0.6 is 11.6 Å². The number of hydrogen-bond donors (Lipinski definition) is 1. The highest BCUT2D eigenvalue weighted by atomic mass is 35.5. The van der Waals surface area contributed by atoms with E-state index < -0.39 is 33.8 Å². The van der Waals surface area contributed by atoms with Crippen molar-refractivity contribution in [1.82, 2.24) is 19.3 Å². The lowest BCUT2D eigenvalue weighted by molar-refractivity contribution is -0.137. The summed E-state index contributed by atoms with van der Waals surface area (Å²) in [7, 11) is -2.30. The number of nitrogens with zero attached hydrogens (tertiary/aromatic N) is 4. The molecule has 43 heavy (non-hydrogen) atoms. The molecule has 0 radical (unpaired) electrons. The first kappa shape index (κ1) is 29.5. The normalized spacial score (nSPS) is 18.6. The second-order valence-electron chi connectivity index (χ2n) is 11.3. The van der Waals surface area contributed by atoms with Gasteiger partial charge in [-0.2, -0.15) is 4.31 Å². The van der Waals surface area contributed by atoms with Gasteiger partial charge in [-0.1, -0.05) is 41.9 Å². The summed E-state index contributed by atoms with van der Waals surface area (Å²) in [6.45, 7) is 3.95. The molecule has 0 bridgehead atoms. The minimum Gasteiger partial charge on any atom is -0.488 e. The molecule has 226 valence electrons. The van der Waals surface area contributed by atoms with E-state index in [1.807, 2.05) is 39.1 Å². The zero-order chi connectivity index (χ0) is 30.6. The van der Waals surface area contributed by atoms with Crippen LogP contribution in [0.3, 0.4) is 0 Å². The summed E-state index contributed by atoms with van der Waals surface area (Å²) in [4.78, 5) is 12.0. The van der Waals surface area contributed by atoms with Crippen molar-refractivity contribution in [3.63, 3.8) is 0 Å². The third-order valence-corrected chi connectivity index (χ3v) is 10.8. The Labute approximate surface area is 254 Å². The first-order valence-corrected chi connectivity index (χ1v) is 16.1. The summed E-state index contributed by atoms with van der Waals surface area (Å²) in [5.41, 5.74) is 7.09. The number of halogens is 2. The van der Waals surface area contributed by atoms with Gasteiger partial charge in [0.1, 0.15) is 28.1 Å². The number of aliphatic carboxylic acids is 1. The molecule has 0 spiro atoms. The second kappa shape index (κ2) is 11.2. The van der Waals surface area contributed by atoms with Gasteiger partial charge in [-0.05, 0) is 78.1 Å². The predicted molar refractivity (Wildman–Crippen MR) is 160 cm³/mol. The fourth-order valence-corrected chi connectivity index (χ4v) is 8.22. The summed E-state index contributed by atoms with van der Waals surface area (Å²) in [6, 6.07) is 10.0. The van der Waals surface area contributed by atoms with Crippen molar-refractivity contribution in [1.29, 1.82) is 0 Å². The lowest BCUT2D eigenvalue weighted by atomic mass is 9.83. The summed E-state index contributed by atoms with van der Waals surface area (Å²) >= 11 is 6.02. The van der Waals surface area contributed by atoms with Crippen LogP contribution in [0.2, 0.25) is 5.02 Å². The number of benzene rings is 3. The molecule has 2 atom stereocenters. The molecular formula is C31H32ClFN4O5S. The van der Waals surface area contributed by atoms with Crippen LogP contribution in [0.25, 0.3) is 11.0 Å². The molecule has 0 amide bonds. The molecule has 3 aromatic carbocycles. The number of carbonyl (C=O) groups is 1. The number of aryl methyl sites for hydroxylation is 3. The van der Waals surface area contributed by atoms with Crippen molar-refractivity contribution < 1.29 is 27.4 Å². The number of rotatable bonds is 7.